The number of rotatable bonds is 4. The van der Waals surface area contributed by atoms with Crippen LogP contribution in [-0.2, 0) is 4.79 Å². The average Bonchev–Trinajstić information content (AvgIpc) is 2.71. The lowest BCUT2D eigenvalue weighted by Gasteiger charge is -2.08. The Morgan fingerprint density at radius 3 is 2.94 bits per heavy atom. The zero-order valence-corrected chi connectivity index (χ0v) is 10.9. The van der Waals surface area contributed by atoms with Crippen LogP contribution < -0.4 is 5.32 Å². The zero-order valence-electron chi connectivity index (χ0n) is 10.1. The maximum atomic E-state index is 11.8. The molecule has 1 amide bonds. The van der Waals surface area contributed by atoms with Gasteiger partial charge >= 0.3 is 0 Å². The van der Waals surface area contributed by atoms with Crippen molar-refractivity contribution in [3.8, 4) is 0 Å². The van der Waals surface area contributed by atoms with E-state index >= 15 is 0 Å². The van der Waals surface area contributed by atoms with Crippen LogP contribution in [0.2, 0.25) is 0 Å². The van der Waals surface area contributed by atoms with Crippen LogP contribution in [-0.4, -0.2) is 10.9 Å². The van der Waals surface area contributed by atoms with Crippen LogP contribution in [0.4, 0.5) is 5.13 Å². The number of fused-ring (bicyclic) bond motifs is 1. The summed E-state index contributed by atoms with van der Waals surface area (Å²) in [6.45, 7) is 4.04. The molecule has 17 heavy (non-hydrogen) atoms. The first-order valence-corrected chi connectivity index (χ1v) is 6.68. The van der Waals surface area contributed by atoms with Crippen molar-refractivity contribution in [2.24, 2.45) is 5.92 Å². The molecule has 1 N–H and O–H groups in total. The first-order valence-electron chi connectivity index (χ1n) is 5.87. The summed E-state index contributed by atoms with van der Waals surface area (Å²) in [4.78, 5) is 16.2. The highest BCUT2D eigenvalue weighted by Gasteiger charge is 2.13. The Hall–Kier alpha value is -1.42. The molecule has 0 spiro atoms. The van der Waals surface area contributed by atoms with Gasteiger partial charge < -0.3 is 5.32 Å². The molecule has 0 aliphatic carbocycles. The Bertz CT molecular complexity index is 488. The molecule has 1 heterocycles. The fraction of sp³-hybridized carbons (Fsp3) is 0.385. The largest absolute Gasteiger partial charge is 0.302 e. The SMILES string of the molecule is CCC[C@H](C)C(=O)Nc1nc2ccccc2s1. The van der Waals surface area contributed by atoms with Gasteiger partial charge in [-0.2, -0.15) is 0 Å². The van der Waals surface area contributed by atoms with Crippen molar-refractivity contribution in [2.75, 3.05) is 5.32 Å². The summed E-state index contributed by atoms with van der Waals surface area (Å²) in [6, 6.07) is 7.90. The molecule has 0 radical (unpaired) electrons. The number of para-hydroxylation sites is 1. The van der Waals surface area contributed by atoms with Gasteiger partial charge in [0.1, 0.15) is 0 Å². The quantitative estimate of drug-likeness (QED) is 0.897. The number of nitrogens with one attached hydrogen (secondary N) is 1. The van der Waals surface area contributed by atoms with E-state index in [0.29, 0.717) is 5.13 Å². The molecular weight excluding hydrogens is 232 g/mol. The van der Waals surface area contributed by atoms with E-state index in [1.165, 1.54) is 11.3 Å². The summed E-state index contributed by atoms with van der Waals surface area (Å²) >= 11 is 1.52. The standard InChI is InChI=1S/C13H16N2OS/c1-3-6-9(2)12(16)15-13-14-10-7-4-5-8-11(10)17-13/h4-5,7-9H,3,6H2,1-2H3,(H,14,15,16)/t9-/m0/s1. The molecule has 2 rings (SSSR count). The molecular formula is C13H16N2OS. The van der Waals surface area contributed by atoms with Gasteiger partial charge in [-0.15, -0.1) is 0 Å². The molecule has 0 bridgehead atoms. The predicted molar refractivity (Wildman–Crippen MR) is 72.3 cm³/mol. The first-order chi connectivity index (χ1) is 8.20. The van der Waals surface area contributed by atoms with Crippen molar-refractivity contribution < 1.29 is 4.79 Å². The fourth-order valence-electron chi connectivity index (χ4n) is 1.72. The van der Waals surface area contributed by atoms with Crippen molar-refractivity contribution in [3.63, 3.8) is 0 Å². The van der Waals surface area contributed by atoms with E-state index in [-0.39, 0.29) is 11.8 Å². The van der Waals surface area contributed by atoms with E-state index in [0.717, 1.165) is 23.1 Å². The van der Waals surface area contributed by atoms with E-state index < -0.39 is 0 Å². The third-order valence-electron chi connectivity index (χ3n) is 2.69. The summed E-state index contributed by atoms with van der Waals surface area (Å²) in [6.07, 6.45) is 1.94. The Balaban J connectivity index is 2.10. The molecule has 1 aromatic heterocycles. The van der Waals surface area contributed by atoms with Gasteiger partial charge in [-0.3, -0.25) is 4.79 Å². The summed E-state index contributed by atoms with van der Waals surface area (Å²) in [5, 5.41) is 3.58. The second kappa shape index (κ2) is 5.27. The van der Waals surface area contributed by atoms with Crippen LogP contribution in [0.5, 0.6) is 0 Å². The molecule has 0 fully saturated rings. The smallest absolute Gasteiger partial charge is 0.228 e. The predicted octanol–water partition coefficient (Wildman–Crippen LogP) is 3.67. The van der Waals surface area contributed by atoms with Gasteiger partial charge in [0.05, 0.1) is 10.2 Å². The minimum absolute atomic E-state index is 0.0482. The summed E-state index contributed by atoms with van der Waals surface area (Å²) in [7, 11) is 0. The van der Waals surface area contributed by atoms with Gasteiger partial charge in [0, 0.05) is 5.92 Å². The lowest BCUT2D eigenvalue weighted by atomic mass is 10.1. The number of thiazole rings is 1. The number of carbonyl (C=O) groups excluding carboxylic acids is 1. The van der Waals surface area contributed by atoms with E-state index in [4.69, 9.17) is 0 Å². The highest BCUT2D eigenvalue weighted by molar-refractivity contribution is 7.22. The molecule has 90 valence electrons. The summed E-state index contributed by atoms with van der Waals surface area (Å²) in [5.41, 5.74) is 0.941. The molecule has 1 atom stereocenters. The number of aromatic nitrogens is 1. The number of carbonyl (C=O) groups is 1. The van der Waals surface area contributed by atoms with Crippen LogP contribution >= 0.6 is 11.3 Å². The van der Waals surface area contributed by atoms with E-state index in [1.54, 1.807) is 0 Å². The Labute approximate surface area is 105 Å². The minimum Gasteiger partial charge on any atom is -0.302 e. The number of hydrogen-bond acceptors (Lipinski definition) is 3. The van der Waals surface area contributed by atoms with E-state index in [9.17, 15) is 4.79 Å². The lowest BCUT2D eigenvalue weighted by Crippen LogP contribution is -2.19. The van der Waals surface area contributed by atoms with Crippen LogP contribution in [0.1, 0.15) is 26.7 Å². The van der Waals surface area contributed by atoms with Gasteiger partial charge in [0.2, 0.25) is 5.91 Å². The van der Waals surface area contributed by atoms with E-state index in [2.05, 4.69) is 17.2 Å². The number of hydrogen-bond donors (Lipinski definition) is 1. The summed E-state index contributed by atoms with van der Waals surface area (Å²) in [5.74, 6) is 0.109. The van der Waals surface area contributed by atoms with Crippen LogP contribution in [0, 0.1) is 5.92 Å². The molecule has 0 unspecified atom stereocenters. The highest BCUT2D eigenvalue weighted by atomic mass is 32.1. The lowest BCUT2D eigenvalue weighted by molar-refractivity contribution is -0.119. The second-order valence-electron chi connectivity index (χ2n) is 4.17. The number of nitrogens with zero attached hydrogens (tertiary/aromatic N) is 1. The Morgan fingerprint density at radius 2 is 2.24 bits per heavy atom. The topological polar surface area (TPSA) is 42.0 Å². The highest BCUT2D eigenvalue weighted by Crippen LogP contribution is 2.25. The molecule has 0 aliphatic rings. The first kappa shape index (κ1) is 12.0. The third kappa shape index (κ3) is 2.82. The maximum absolute atomic E-state index is 11.8. The van der Waals surface area contributed by atoms with Gasteiger partial charge in [0.15, 0.2) is 5.13 Å². The molecule has 0 saturated heterocycles. The van der Waals surface area contributed by atoms with Crippen molar-refractivity contribution in [2.45, 2.75) is 26.7 Å². The third-order valence-corrected chi connectivity index (χ3v) is 3.65. The Morgan fingerprint density at radius 1 is 1.47 bits per heavy atom. The van der Waals surface area contributed by atoms with Crippen molar-refractivity contribution in [3.05, 3.63) is 24.3 Å². The Kier molecular flexibility index (Phi) is 3.74. The zero-order chi connectivity index (χ0) is 12.3. The number of benzene rings is 1. The van der Waals surface area contributed by atoms with E-state index in [1.807, 2.05) is 31.2 Å². The molecule has 1 aromatic carbocycles. The van der Waals surface area contributed by atoms with Crippen molar-refractivity contribution in [1.29, 1.82) is 0 Å². The van der Waals surface area contributed by atoms with Crippen LogP contribution in [0.15, 0.2) is 24.3 Å². The summed E-state index contributed by atoms with van der Waals surface area (Å²) < 4.78 is 1.10. The monoisotopic (exact) mass is 248 g/mol. The average molecular weight is 248 g/mol. The van der Waals surface area contributed by atoms with Crippen LogP contribution in [0.25, 0.3) is 10.2 Å². The number of amides is 1. The minimum atomic E-state index is 0.0482. The van der Waals surface area contributed by atoms with Gasteiger partial charge in [-0.05, 0) is 18.6 Å². The molecule has 2 aromatic rings. The normalized spacial score (nSPS) is 12.6. The molecule has 0 aliphatic heterocycles. The van der Waals surface area contributed by atoms with Crippen molar-refractivity contribution in [1.82, 2.24) is 4.98 Å². The molecule has 3 nitrogen and oxygen atoms in total. The van der Waals surface area contributed by atoms with Gasteiger partial charge in [0.25, 0.3) is 0 Å². The van der Waals surface area contributed by atoms with Gasteiger partial charge in [-0.25, -0.2) is 4.98 Å². The molecule has 4 heteroatoms. The number of anilines is 1. The second-order valence-corrected chi connectivity index (χ2v) is 5.20. The van der Waals surface area contributed by atoms with Crippen molar-refractivity contribution >= 4 is 32.6 Å². The van der Waals surface area contributed by atoms with Crippen LogP contribution in [0.3, 0.4) is 0 Å². The molecule has 0 saturated carbocycles. The maximum Gasteiger partial charge on any atom is 0.228 e. The van der Waals surface area contributed by atoms with Gasteiger partial charge in [-0.1, -0.05) is 43.7 Å². The fourth-order valence-corrected chi connectivity index (χ4v) is 2.59.